The molecule has 7 aromatic carbocycles. The van der Waals surface area contributed by atoms with Gasteiger partial charge in [0.2, 0.25) is 0 Å². The van der Waals surface area contributed by atoms with E-state index in [4.69, 9.17) is 4.42 Å². The van der Waals surface area contributed by atoms with E-state index >= 15 is 0 Å². The molecule has 0 N–H and O–H groups in total. The summed E-state index contributed by atoms with van der Waals surface area (Å²) >= 11 is 3.76. The Morgan fingerprint density at radius 3 is 2.09 bits per heavy atom. The van der Waals surface area contributed by atoms with Crippen LogP contribution in [0, 0.1) is 0 Å². The van der Waals surface area contributed by atoms with Gasteiger partial charge in [-0.1, -0.05) is 84.9 Å². The van der Waals surface area contributed by atoms with Crippen LogP contribution < -0.4 is 0 Å². The number of hydrogen-bond acceptors (Lipinski definition) is 3. The van der Waals surface area contributed by atoms with Gasteiger partial charge in [-0.3, -0.25) is 0 Å². The number of thiophene rings is 2. The molecular formula is C42H23NOS2. The normalized spacial score (nSPS) is 12.3. The molecule has 0 saturated heterocycles. The van der Waals surface area contributed by atoms with Gasteiger partial charge in [-0.05, 0) is 60.2 Å². The summed E-state index contributed by atoms with van der Waals surface area (Å²) in [5.74, 6) is 0. The van der Waals surface area contributed by atoms with E-state index in [1.807, 2.05) is 28.7 Å². The van der Waals surface area contributed by atoms with Crippen molar-refractivity contribution in [1.82, 2.24) is 4.57 Å². The first-order chi connectivity index (χ1) is 22.8. The molecule has 0 fully saturated rings. The second kappa shape index (κ2) is 9.07. The maximum atomic E-state index is 6.26. The molecule has 0 atom stereocenters. The number of aromatic nitrogens is 1. The van der Waals surface area contributed by atoms with Gasteiger partial charge in [0.25, 0.3) is 0 Å². The van der Waals surface area contributed by atoms with E-state index < -0.39 is 0 Å². The first-order valence-corrected chi connectivity index (χ1v) is 17.1. The van der Waals surface area contributed by atoms with Gasteiger partial charge in [-0.2, -0.15) is 0 Å². The van der Waals surface area contributed by atoms with Gasteiger partial charge in [-0.15, -0.1) is 22.7 Å². The Hall–Kier alpha value is -5.42. The number of rotatable bonds is 2. The largest absolute Gasteiger partial charge is 0.456 e. The van der Waals surface area contributed by atoms with E-state index in [9.17, 15) is 0 Å². The molecule has 0 radical (unpaired) electrons. The third-order valence-corrected chi connectivity index (χ3v) is 12.0. The molecule has 46 heavy (non-hydrogen) atoms. The molecule has 11 aromatic rings. The molecule has 11 rings (SSSR count). The zero-order valence-corrected chi connectivity index (χ0v) is 26.1. The van der Waals surface area contributed by atoms with Crippen LogP contribution in [0.5, 0.6) is 0 Å². The number of hydrogen-bond donors (Lipinski definition) is 0. The second-order valence-electron chi connectivity index (χ2n) is 12.1. The van der Waals surface area contributed by atoms with Crippen molar-refractivity contribution in [2.45, 2.75) is 0 Å². The number of benzene rings is 7. The lowest BCUT2D eigenvalue weighted by Gasteiger charge is -2.09. The molecule has 2 nitrogen and oxygen atoms in total. The van der Waals surface area contributed by atoms with Crippen LogP contribution in [-0.4, -0.2) is 4.57 Å². The van der Waals surface area contributed by atoms with Crippen LogP contribution in [0.25, 0.3) is 101 Å². The SMILES string of the molecule is c1ccc2c(c1)oc1cccc(-c3cccc4c3sc3ccc(-n5c6ccccc6c6cc7sc8ccccc8c7cc65)cc34)c12. The van der Waals surface area contributed by atoms with Crippen molar-refractivity contribution in [2.75, 3.05) is 0 Å². The molecule has 0 unspecified atom stereocenters. The van der Waals surface area contributed by atoms with Gasteiger partial charge in [0.1, 0.15) is 11.2 Å². The summed E-state index contributed by atoms with van der Waals surface area (Å²) in [6.45, 7) is 0. The highest BCUT2D eigenvalue weighted by Gasteiger charge is 2.19. The molecule has 0 spiro atoms. The Bertz CT molecular complexity index is 3040. The molecule has 4 aromatic heterocycles. The summed E-state index contributed by atoms with van der Waals surface area (Å²) in [6, 6.07) is 50.9. The van der Waals surface area contributed by atoms with E-state index in [0.29, 0.717) is 0 Å². The monoisotopic (exact) mass is 621 g/mol. The zero-order chi connectivity index (χ0) is 29.9. The average Bonchev–Trinajstić information content (AvgIpc) is 3.85. The fourth-order valence-corrected chi connectivity index (χ4v) is 9.94. The number of furan rings is 1. The minimum Gasteiger partial charge on any atom is -0.456 e. The first kappa shape index (κ1) is 24.8. The van der Waals surface area contributed by atoms with Crippen molar-refractivity contribution in [2.24, 2.45) is 0 Å². The van der Waals surface area contributed by atoms with Crippen molar-refractivity contribution in [3.05, 3.63) is 140 Å². The molecule has 0 amide bonds. The maximum Gasteiger partial charge on any atom is 0.136 e. The van der Waals surface area contributed by atoms with E-state index in [1.165, 1.54) is 84.4 Å². The molecule has 4 heterocycles. The number of fused-ring (bicyclic) bond motifs is 12. The lowest BCUT2D eigenvalue weighted by atomic mass is 9.98. The number of para-hydroxylation sites is 2. The smallest absolute Gasteiger partial charge is 0.136 e. The van der Waals surface area contributed by atoms with Gasteiger partial charge < -0.3 is 8.98 Å². The lowest BCUT2D eigenvalue weighted by Crippen LogP contribution is -1.93. The fourth-order valence-electron chi connectivity index (χ4n) is 7.60. The van der Waals surface area contributed by atoms with Crippen LogP contribution in [0.3, 0.4) is 0 Å². The third-order valence-electron chi connectivity index (χ3n) is 9.60. The Kier molecular flexibility index (Phi) is 4.90. The minimum absolute atomic E-state index is 0.928. The van der Waals surface area contributed by atoms with Crippen LogP contribution in [0.15, 0.2) is 144 Å². The number of nitrogens with zero attached hydrogens (tertiary/aromatic N) is 1. The molecule has 0 aliphatic heterocycles. The predicted octanol–water partition coefficient (Wildman–Crippen LogP) is 13.1. The van der Waals surface area contributed by atoms with Crippen LogP contribution in [0.2, 0.25) is 0 Å². The standard InChI is InChI=1S/C42H23NOS2/c1-4-15-34-25(9-1)31-23-40-33(26-10-3-6-18-38(26)45-40)22-35(31)43(34)24-19-20-39-32(21-24)29-14-7-13-28(42(29)46-39)27-12-8-17-37-41(27)30-11-2-5-16-36(30)44-37/h1-23H. The van der Waals surface area contributed by atoms with Gasteiger partial charge in [0.15, 0.2) is 0 Å². The second-order valence-corrected chi connectivity index (χ2v) is 14.2. The molecule has 4 heteroatoms. The third kappa shape index (κ3) is 3.30. The molecular weight excluding hydrogens is 599 g/mol. The molecule has 0 saturated carbocycles. The van der Waals surface area contributed by atoms with Gasteiger partial charge in [0.05, 0.1) is 11.0 Å². The summed E-state index contributed by atoms with van der Waals surface area (Å²) < 4.78 is 14.0. The highest BCUT2D eigenvalue weighted by Crippen LogP contribution is 2.45. The van der Waals surface area contributed by atoms with Crippen LogP contribution >= 0.6 is 22.7 Å². The fraction of sp³-hybridized carbons (Fsp3) is 0. The summed E-state index contributed by atoms with van der Waals surface area (Å²) in [6.07, 6.45) is 0. The van der Waals surface area contributed by atoms with E-state index in [0.717, 1.165) is 16.6 Å². The van der Waals surface area contributed by atoms with Crippen molar-refractivity contribution in [3.63, 3.8) is 0 Å². The Morgan fingerprint density at radius 2 is 1.13 bits per heavy atom. The van der Waals surface area contributed by atoms with Crippen LogP contribution in [0.1, 0.15) is 0 Å². The van der Waals surface area contributed by atoms with Gasteiger partial charge >= 0.3 is 0 Å². The van der Waals surface area contributed by atoms with Gasteiger partial charge in [0, 0.05) is 73.1 Å². The molecule has 0 bridgehead atoms. The first-order valence-electron chi connectivity index (χ1n) is 15.5. The minimum atomic E-state index is 0.928. The van der Waals surface area contributed by atoms with E-state index in [-0.39, 0.29) is 0 Å². The molecule has 0 aliphatic rings. The zero-order valence-electron chi connectivity index (χ0n) is 24.5. The Balaban J connectivity index is 1.18. The topological polar surface area (TPSA) is 18.1 Å². The highest BCUT2D eigenvalue weighted by molar-refractivity contribution is 7.26. The highest BCUT2D eigenvalue weighted by atomic mass is 32.1. The Morgan fingerprint density at radius 1 is 0.413 bits per heavy atom. The molecule has 214 valence electrons. The van der Waals surface area contributed by atoms with Crippen molar-refractivity contribution in [3.8, 4) is 16.8 Å². The summed E-state index contributed by atoms with van der Waals surface area (Å²) in [4.78, 5) is 0. The summed E-state index contributed by atoms with van der Waals surface area (Å²) in [5.41, 5.74) is 7.99. The van der Waals surface area contributed by atoms with Gasteiger partial charge in [-0.25, -0.2) is 0 Å². The predicted molar refractivity (Wildman–Crippen MR) is 199 cm³/mol. The Labute approximate surface area is 270 Å². The van der Waals surface area contributed by atoms with Crippen molar-refractivity contribution < 1.29 is 4.42 Å². The lowest BCUT2D eigenvalue weighted by molar-refractivity contribution is 0.669. The summed E-state index contributed by atoms with van der Waals surface area (Å²) in [5, 5.41) is 10.2. The maximum absolute atomic E-state index is 6.26. The average molecular weight is 622 g/mol. The van der Waals surface area contributed by atoms with Crippen molar-refractivity contribution >= 4 is 107 Å². The quantitative estimate of drug-likeness (QED) is 0.188. The summed E-state index contributed by atoms with van der Waals surface area (Å²) in [7, 11) is 0. The van der Waals surface area contributed by atoms with Crippen molar-refractivity contribution in [1.29, 1.82) is 0 Å². The molecule has 0 aliphatic carbocycles. The van der Waals surface area contributed by atoms with E-state index in [2.05, 4.69) is 138 Å². The van der Waals surface area contributed by atoms with Crippen LogP contribution in [-0.2, 0) is 0 Å². The van der Waals surface area contributed by atoms with Crippen LogP contribution in [0.4, 0.5) is 0 Å². The van der Waals surface area contributed by atoms with E-state index in [1.54, 1.807) is 0 Å².